The predicted octanol–water partition coefficient (Wildman–Crippen LogP) is 1.98. The molecule has 0 spiro atoms. The van der Waals surface area contributed by atoms with Crippen molar-refractivity contribution in [3.8, 4) is 5.75 Å². The van der Waals surface area contributed by atoms with Crippen LogP contribution in [0.4, 0.5) is 5.69 Å². The molecule has 0 amide bonds. The molecule has 1 aliphatic heterocycles. The first-order chi connectivity index (χ1) is 9.81. The molecular formula is C14H13N5O. The Hall–Kier alpha value is -2.63. The van der Waals surface area contributed by atoms with Crippen molar-refractivity contribution in [2.45, 2.75) is 13.0 Å². The molecule has 1 N–H and O–H groups in total. The van der Waals surface area contributed by atoms with Crippen LogP contribution in [0, 0.1) is 6.92 Å². The summed E-state index contributed by atoms with van der Waals surface area (Å²) in [7, 11) is 0. The van der Waals surface area contributed by atoms with Crippen molar-refractivity contribution >= 4 is 11.3 Å². The zero-order chi connectivity index (χ0) is 13.5. The van der Waals surface area contributed by atoms with Crippen molar-refractivity contribution in [3.63, 3.8) is 0 Å². The molecule has 2 aromatic heterocycles. The SMILES string of the molecule is Cc1ccc2nnc(C3CNc4ccccc4O3)n2n1. The van der Waals surface area contributed by atoms with Gasteiger partial charge < -0.3 is 10.1 Å². The van der Waals surface area contributed by atoms with Gasteiger partial charge in [-0.3, -0.25) is 0 Å². The summed E-state index contributed by atoms with van der Waals surface area (Å²) in [5.74, 6) is 1.54. The molecule has 3 aromatic rings. The van der Waals surface area contributed by atoms with Gasteiger partial charge in [0.25, 0.3) is 0 Å². The molecule has 6 nitrogen and oxygen atoms in total. The molecule has 0 fully saturated rings. The van der Waals surface area contributed by atoms with Crippen molar-refractivity contribution in [1.82, 2.24) is 19.8 Å². The number of rotatable bonds is 1. The highest BCUT2D eigenvalue weighted by molar-refractivity contribution is 5.58. The summed E-state index contributed by atoms with van der Waals surface area (Å²) >= 11 is 0. The Morgan fingerprint density at radius 1 is 1.20 bits per heavy atom. The highest BCUT2D eigenvalue weighted by Crippen LogP contribution is 2.33. The van der Waals surface area contributed by atoms with Gasteiger partial charge in [0.2, 0.25) is 0 Å². The lowest BCUT2D eigenvalue weighted by molar-refractivity contribution is 0.197. The van der Waals surface area contributed by atoms with Gasteiger partial charge in [0.1, 0.15) is 5.75 Å². The van der Waals surface area contributed by atoms with E-state index in [2.05, 4.69) is 20.6 Å². The Morgan fingerprint density at radius 3 is 3.05 bits per heavy atom. The van der Waals surface area contributed by atoms with E-state index in [1.165, 1.54) is 0 Å². The number of hydrogen-bond acceptors (Lipinski definition) is 5. The van der Waals surface area contributed by atoms with Crippen LogP contribution in [0.5, 0.6) is 5.75 Å². The molecule has 1 aromatic carbocycles. The van der Waals surface area contributed by atoms with E-state index < -0.39 is 0 Å². The van der Waals surface area contributed by atoms with Gasteiger partial charge in [0.05, 0.1) is 17.9 Å². The number of hydrogen-bond donors (Lipinski definition) is 1. The fourth-order valence-electron chi connectivity index (χ4n) is 2.35. The van der Waals surface area contributed by atoms with Crippen LogP contribution in [0.3, 0.4) is 0 Å². The highest BCUT2D eigenvalue weighted by Gasteiger charge is 2.25. The van der Waals surface area contributed by atoms with Crippen LogP contribution in [0.2, 0.25) is 0 Å². The summed E-state index contributed by atoms with van der Waals surface area (Å²) in [6.07, 6.45) is -0.200. The summed E-state index contributed by atoms with van der Waals surface area (Å²) in [5.41, 5.74) is 2.65. The first-order valence-electron chi connectivity index (χ1n) is 6.50. The monoisotopic (exact) mass is 267 g/mol. The molecule has 0 radical (unpaired) electrons. The Labute approximate surface area is 115 Å². The average Bonchev–Trinajstić information content (AvgIpc) is 2.89. The van der Waals surface area contributed by atoms with Crippen LogP contribution in [0.1, 0.15) is 17.6 Å². The van der Waals surface area contributed by atoms with Gasteiger partial charge in [0.15, 0.2) is 17.6 Å². The minimum atomic E-state index is -0.200. The van der Waals surface area contributed by atoms with E-state index in [4.69, 9.17) is 4.74 Å². The van der Waals surface area contributed by atoms with Crippen LogP contribution < -0.4 is 10.1 Å². The zero-order valence-electron chi connectivity index (χ0n) is 10.9. The summed E-state index contributed by atoms with van der Waals surface area (Å²) in [6.45, 7) is 2.59. The van der Waals surface area contributed by atoms with Gasteiger partial charge in [-0.1, -0.05) is 12.1 Å². The van der Waals surface area contributed by atoms with Crippen molar-refractivity contribution < 1.29 is 4.74 Å². The average molecular weight is 267 g/mol. The topological polar surface area (TPSA) is 64.3 Å². The number of nitrogens with zero attached hydrogens (tertiary/aromatic N) is 4. The van der Waals surface area contributed by atoms with E-state index in [-0.39, 0.29) is 6.10 Å². The number of nitrogens with one attached hydrogen (secondary N) is 1. The third-order valence-corrected chi connectivity index (χ3v) is 3.34. The van der Waals surface area contributed by atoms with Crippen LogP contribution >= 0.6 is 0 Å². The highest BCUT2D eigenvalue weighted by atomic mass is 16.5. The van der Waals surface area contributed by atoms with Crippen LogP contribution in [-0.2, 0) is 0 Å². The van der Waals surface area contributed by atoms with Crippen molar-refractivity contribution in [2.75, 3.05) is 11.9 Å². The lowest BCUT2D eigenvalue weighted by atomic mass is 10.2. The van der Waals surface area contributed by atoms with Gasteiger partial charge in [0, 0.05) is 0 Å². The first-order valence-corrected chi connectivity index (χ1v) is 6.50. The second-order valence-corrected chi connectivity index (χ2v) is 4.79. The van der Waals surface area contributed by atoms with E-state index >= 15 is 0 Å². The molecule has 0 saturated carbocycles. The van der Waals surface area contributed by atoms with E-state index in [0.29, 0.717) is 12.4 Å². The molecule has 100 valence electrons. The van der Waals surface area contributed by atoms with Crippen LogP contribution in [0.25, 0.3) is 5.65 Å². The molecular weight excluding hydrogens is 254 g/mol. The number of para-hydroxylation sites is 2. The lowest BCUT2D eigenvalue weighted by Gasteiger charge is -2.25. The summed E-state index contributed by atoms with van der Waals surface area (Å²) in [5, 5.41) is 16.1. The zero-order valence-corrected chi connectivity index (χ0v) is 10.9. The van der Waals surface area contributed by atoms with Gasteiger partial charge >= 0.3 is 0 Å². The smallest absolute Gasteiger partial charge is 0.197 e. The van der Waals surface area contributed by atoms with E-state index in [1.54, 1.807) is 4.52 Å². The van der Waals surface area contributed by atoms with Crippen molar-refractivity contribution in [3.05, 3.63) is 47.9 Å². The fourth-order valence-corrected chi connectivity index (χ4v) is 2.35. The number of aryl methyl sites for hydroxylation is 1. The third kappa shape index (κ3) is 1.69. The number of aromatic nitrogens is 4. The molecule has 4 rings (SSSR count). The van der Waals surface area contributed by atoms with Gasteiger partial charge in [-0.15, -0.1) is 10.2 Å². The maximum Gasteiger partial charge on any atom is 0.197 e. The Morgan fingerprint density at radius 2 is 2.10 bits per heavy atom. The molecule has 1 atom stereocenters. The standard InChI is InChI=1S/C14H13N5O/c1-9-6-7-13-16-17-14(19(13)18-9)12-8-15-10-4-2-3-5-11(10)20-12/h2-7,12,15H,8H2,1H3. The van der Waals surface area contributed by atoms with Crippen molar-refractivity contribution in [2.24, 2.45) is 0 Å². The Balaban J connectivity index is 1.76. The largest absolute Gasteiger partial charge is 0.478 e. The first kappa shape index (κ1) is 11.2. The number of fused-ring (bicyclic) bond motifs is 2. The Bertz CT molecular complexity index is 782. The predicted molar refractivity (Wildman–Crippen MR) is 73.8 cm³/mol. The second kappa shape index (κ2) is 4.19. The maximum absolute atomic E-state index is 6.00. The molecule has 0 aliphatic carbocycles. The van der Waals surface area contributed by atoms with Gasteiger partial charge in [-0.25, -0.2) is 0 Å². The molecule has 1 unspecified atom stereocenters. The number of benzene rings is 1. The van der Waals surface area contributed by atoms with Crippen molar-refractivity contribution in [1.29, 1.82) is 0 Å². The number of anilines is 1. The second-order valence-electron chi connectivity index (χ2n) is 4.79. The minimum Gasteiger partial charge on any atom is -0.478 e. The fraction of sp³-hybridized carbons (Fsp3) is 0.214. The molecule has 20 heavy (non-hydrogen) atoms. The van der Waals surface area contributed by atoms with Gasteiger partial charge in [-0.05, 0) is 31.2 Å². The molecule has 3 heterocycles. The lowest BCUT2D eigenvalue weighted by Crippen LogP contribution is -2.25. The van der Waals surface area contributed by atoms with E-state index in [9.17, 15) is 0 Å². The summed E-state index contributed by atoms with van der Waals surface area (Å²) in [6, 6.07) is 11.7. The van der Waals surface area contributed by atoms with E-state index in [1.807, 2.05) is 43.3 Å². The molecule has 1 aliphatic rings. The Kier molecular flexibility index (Phi) is 2.35. The van der Waals surface area contributed by atoms with Crippen LogP contribution in [-0.4, -0.2) is 26.4 Å². The maximum atomic E-state index is 6.00. The summed E-state index contributed by atoms with van der Waals surface area (Å²) in [4.78, 5) is 0. The summed E-state index contributed by atoms with van der Waals surface area (Å²) < 4.78 is 7.74. The quantitative estimate of drug-likeness (QED) is 0.730. The van der Waals surface area contributed by atoms with Crippen LogP contribution in [0.15, 0.2) is 36.4 Å². The normalized spacial score (nSPS) is 17.4. The molecule has 6 heteroatoms. The number of ether oxygens (including phenoxy) is 1. The van der Waals surface area contributed by atoms with E-state index in [0.717, 1.165) is 22.8 Å². The third-order valence-electron chi connectivity index (χ3n) is 3.34. The molecule has 0 saturated heterocycles. The molecule has 0 bridgehead atoms. The van der Waals surface area contributed by atoms with Gasteiger partial charge in [-0.2, -0.15) is 9.61 Å². The minimum absolute atomic E-state index is 0.200.